The van der Waals surface area contributed by atoms with Gasteiger partial charge in [0, 0.05) is 5.88 Å². The van der Waals surface area contributed by atoms with E-state index in [4.69, 9.17) is 16.3 Å². The molecule has 0 aliphatic heterocycles. The van der Waals surface area contributed by atoms with Crippen molar-refractivity contribution in [2.24, 2.45) is 0 Å². The van der Waals surface area contributed by atoms with E-state index in [-0.39, 0.29) is 0 Å². The Kier molecular flexibility index (Phi) is 3.30. The number of hydrogen-bond donors (Lipinski definition) is 0. The van der Waals surface area contributed by atoms with Gasteiger partial charge in [0.25, 0.3) is 0 Å². The molecule has 2 aromatic rings. The van der Waals surface area contributed by atoms with Crippen molar-refractivity contribution < 1.29 is 9.53 Å². The molecule has 0 saturated heterocycles. The lowest BCUT2D eigenvalue weighted by atomic mass is 10.2. The lowest BCUT2D eigenvalue weighted by molar-refractivity contribution is 0.0543. The van der Waals surface area contributed by atoms with Crippen molar-refractivity contribution in [2.75, 3.05) is 0 Å². The number of hydrogen-bond acceptors (Lipinski definition) is 3. The largest absolute Gasteiger partial charge is 0.443 e. The summed E-state index contributed by atoms with van der Waals surface area (Å²) in [6.07, 6.45) is 1.04. The highest BCUT2D eigenvalue weighted by Crippen LogP contribution is 2.18. The summed E-state index contributed by atoms with van der Waals surface area (Å²) in [4.78, 5) is 16.1. The number of imidazole rings is 1. The third-order valence-corrected chi connectivity index (χ3v) is 2.66. The summed E-state index contributed by atoms with van der Waals surface area (Å²) in [7, 11) is 0. The van der Waals surface area contributed by atoms with Crippen LogP contribution in [0.3, 0.4) is 0 Å². The molecule has 0 N–H and O–H groups in total. The maximum Gasteiger partial charge on any atom is 0.420 e. The van der Waals surface area contributed by atoms with E-state index in [1.54, 1.807) is 0 Å². The molecule has 96 valence electrons. The highest BCUT2D eigenvalue weighted by molar-refractivity contribution is 6.17. The molecular formula is C13H15ClN2O2. The van der Waals surface area contributed by atoms with E-state index in [0.717, 1.165) is 16.6 Å². The lowest BCUT2D eigenvalue weighted by Crippen LogP contribution is -2.26. The fourth-order valence-corrected chi connectivity index (χ4v) is 1.76. The van der Waals surface area contributed by atoms with Crippen molar-refractivity contribution in [3.05, 3.63) is 30.1 Å². The summed E-state index contributed by atoms with van der Waals surface area (Å²) in [6, 6.07) is 5.56. The van der Waals surface area contributed by atoms with Gasteiger partial charge in [0.1, 0.15) is 11.9 Å². The molecule has 0 atom stereocenters. The van der Waals surface area contributed by atoms with Gasteiger partial charge in [0.15, 0.2) is 0 Å². The van der Waals surface area contributed by atoms with Gasteiger partial charge < -0.3 is 4.74 Å². The Hall–Kier alpha value is -1.55. The van der Waals surface area contributed by atoms with Gasteiger partial charge in [-0.1, -0.05) is 6.07 Å². The normalized spacial score (nSPS) is 11.8. The van der Waals surface area contributed by atoms with Crippen LogP contribution >= 0.6 is 11.6 Å². The second-order valence-corrected chi connectivity index (χ2v) is 5.32. The monoisotopic (exact) mass is 266 g/mol. The molecule has 0 spiro atoms. The minimum absolute atomic E-state index is 0.426. The minimum atomic E-state index is -0.524. The third-order valence-electron chi connectivity index (χ3n) is 2.36. The minimum Gasteiger partial charge on any atom is -0.443 e. The number of fused-ring (bicyclic) bond motifs is 1. The smallest absolute Gasteiger partial charge is 0.420 e. The maximum atomic E-state index is 12.0. The highest BCUT2D eigenvalue weighted by atomic mass is 35.5. The molecule has 0 bridgehead atoms. The van der Waals surface area contributed by atoms with E-state index < -0.39 is 11.7 Å². The van der Waals surface area contributed by atoms with Crippen molar-refractivity contribution >= 4 is 28.7 Å². The molecule has 4 nitrogen and oxygen atoms in total. The Balaban J connectivity index is 2.38. The topological polar surface area (TPSA) is 44.1 Å². The van der Waals surface area contributed by atoms with Crippen LogP contribution in [-0.4, -0.2) is 21.2 Å². The van der Waals surface area contributed by atoms with E-state index in [2.05, 4.69) is 4.98 Å². The van der Waals surface area contributed by atoms with Crippen LogP contribution < -0.4 is 0 Å². The first-order chi connectivity index (χ1) is 8.40. The van der Waals surface area contributed by atoms with E-state index in [1.165, 1.54) is 10.9 Å². The number of halogens is 1. The fourth-order valence-electron chi connectivity index (χ4n) is 1.60. The zero-order chi connectivity index (χ0) is 13.3. The molecule has 2 rings (SSSR count). The van der Waals surface area contributed by atoms with Gasteiger partial charge in [-0.2, -0.15) is 0 Å². The molecular weight excluding hydrogens is 252 g/mol. The summed E-state index contributed by atoms with van der Waals surface area (Å²) in [5.41, 5.74) is 1.90. The average molecular weight is 267 g/mol. The number of ether oxygens (including phenoxy) is 1. The quantitative estimate of drug-likeness (QED) is 0.742. The second-order valence-electron chi connectivity index (χ2n) is 5.05. The van der Waals surface area contributed by atoms with Gasteiger partial charge in [0.2, 0.25) is 0 Å². The summed E-state index contributed by atoms with van der Waals surface area (Å²) in [6.45, 7) is 5.49. The molecule has 1 aromatic carbocycles. The van der Waals surface area contributed by atoms with Gasteiger partial charge in [-0.05, 0) is 38.5 Å². The van der Waals surface area contributed by atoms with E-state index in [9.17, 15) is 4.79 Å². The van der Waals surface area contributed by atoms with Crippen molar-refractivity contribution in [1.29, 1.82) is 0 Å². The Bertz CT molecular complexity index is 584. The van der Waals surface area contributed by atoms with Crippen LogP contribution in [0.2, 0.25) is 0 Å². The maximum absolute atomic E-state index is 12.0. The second kappa shape index (κ2) is 4.61. The van der Waals surface area contributed by atoms with Crippen LogP contribution in [0, 0.1) is 0 Å². The summed E-state index contributed by atoms with van der Waals surface area (Å²) in [5.74, 6) is 0.426. The van der Waals surface area contributed by atoms with Crippen molar-refractivity contribution in [3.8, 4) is 0 Å². The molecule has 18 heavy (non-hydrogen) atoms. The first-order valence-corrected chi connectivity index (χ1v) is 6.19. The molecule has 0 radical (unpaired) electrons. The number of alkyl halides is 1. The molecule has 0 amide bonds. The molecule has 0 fully saturated rings. The summed E-state index contributed by atoms with van der Waals surface area (Å²) < 4.78 is 6.71. The van der Waals surface area contributed by atoms with E-state index in [1.807, 2.05) is 39.0 Å². The van der Waals surface area contributed by atoms with Crippen LogP contribution in [-0.2, 0) is 10.6 Å². The Morgan fingerprint density at radius 3 is 2.78 bits per heavy atom. The predicted molar refractivity (Wildman–Crippen MR) is 70.9 cm³/mol. The van der Waals surface area contributed by atoms with E-state index in [0.29, 0.717) is 5.88 Å². The molecule has 0 aliphatic rings. The standard InChI is InChI=1S/C13H15ClN2O2/c1-13(2,3)18-12(17)16-8-15-10-6-9(7-14)4-5-11(10)16/h4-6,8H,7H2,1-3H3. The number of rotatable bonds is 1. The van der Waals surface area contributed by atoms with Gasteiger partial charge in [-0.15, -0.1) is 11.6 Å². The first kappa shape index (κ1) is 12.9. The molecule has 0 aliphatic carbocycles. The van der Waals surface area contributed by atoms with Crippen LogP contribution in [0.5, 0.6) is 0 Å². The molecule has 1 heterocycles. The fraction of sp³-hybridized carbons (Fsp3) is 0.385. The van der Waals surface area contributed by atoms with Crippen molar-refractivity contribution in [3.63, 3.8) is 0 Å². The third kappa shape index (κ3) is 2.64. The van der Waals surface area contributed by atoms with Gasteiger partial charge in [0.05, 0.1) is 11.0 Å². The van der Waals surface area contributed by atoms with Gasteiger partial charge >= 0.3 is 6.09 Å². The first-order valence-electron chi connectivity index (χ1n) is 5.66. The SMILES string of the molecule is CC(C)(C)OC(=O)n1cnc2cc(CCl)ccc21. The Labute approximate surface area is 111 Å². The lowest BCUT2D eigenvalue weighted by Gasteiger charge is -2.19. The summed E-state index contributed by atoms with van der Waals surface area (Å²) in [5, 5.41) is 0. The van der Waals surface area contributed by atoms with Crippen LogP contribution in [0.4, 0.5) is 4.79 Å². The zero-order valence-electron chi connectivity index (χ0n) is 10.6. The number of carbonyl (C=O) groups excluding carboxylic acids is 1. The zero-order valence-corrected chi connectivity index (χ0v) is 11.4. The van der Waals surface area contributed by atoms with Gasteiger partial charge in [-0.3, -0.25) is 0 Å². The molecule has 0 saturated carbocycles. The highest BCUT2D eigenvalue weighted by Gasteiger charge is 2.19. The number of carbonyl (C=O) groups is 1. The number of nitrogens with zero attached hydrogens (tertiary/aromatic N) is 2. The molecule has 5 heteroatoms. The van der Waals surface area contributed by atoms with Gasteiger partial charge in [-0.25, -0.2) is 14.3 Å². The van der Waals surface area contributed by atoms with Crippen LogP contribution in [0.25, 0.3) is 11.0 Å². The van der Waals surface area contributed by atoms with Crippen molar-refractivity contribution in [1.82, 2.24) is 9.55 Å². The summed E-state index contributed by atoms with van der Waals surface area (Å²) >= 11 is 5.76. The Morgan fingerprint density at radius 2 is 2.17 bits per heavy atom. The Morgan fingerprint density at radius 1 is 1.44 bits per heavy atom. The van der Waals surface area contributed by atoms with Crippen LogP contribution in [0.1, 0.15) is 26.3 Å². The van der Waals surface area contributed by atoms with Crippen molar-refractivity contribution in [2.45, 2.75) is 32.3 Å². The molecule has 1 aromatic heterocycles. The van der Waals surface area contributed by atoms with Crippen LogP contribution in [0.15, 0.2) is 24.5 Å². The number of benzene rings is 1. The van der Waals surface area contributed by atoms with E-state index >= 15 is 0 Å². The molecule has 0 unspecified atom stereocenters. The average Bonchev–Trinajstić information content (AvgIpc) is 2.69. The predicted octanol–water partition coefficient (Wildman–Crippen LogP) is 3.56. The number of aromatic nitrogens is 2.